The number of hydrogen-bond acceptors (Lipinski definition) is 0. The van der Waals surface area contributed by atoms with Crippen LogP contribution in [0.5, 0.6) is 0 Å². The smallest absolute Gasteiger partial charge is 0.0123 e. The summed E-state index contributed by atoms with van der Waals surface area (Å²) in [7, 11) is 0. The molecular formula is C11H12. The number of hydrogen-bond donors (Lipinski definition) is 0. The van der Waals surface area contributed by atoms with E-state index >= 15 is 0 Å². The molecule has 0 heterocycles. The fraction of sp³-hybridized carbons (Fsp3) is 0.273. The van der Waals surface area contributed by atoms with Crippen LogP contribution in [0.15, 0.2) is 46.6 Å². The summed E-state index contributed by atoms with van der Waals surface area (Å²) >= 11 is 0. The van der Waals surface area contributed by atoms with E-state index in [9.17, 15) is 0 Å². The molecule has 11 heavy (non-hydrogen) atoms. The second-order valence-electron chi connectivity index (χ2n) is 3.06. The lowest BCUT2D eigenvalue weighted by Gasteiger charge is -2.02. The van der Waals surface area contributed by atoms with E-state index in [2.05, 4.69) is 38.2 Å². The molecule has 0 amide bonds. The van der Waals surface area contributed by atoms with Crippen molar-refractivity contribution in [2.45, 2.75) is 20.3 Å². The predicted molar refractivity (Wildman–Crippen MR) is 48.3 cm³/mol. The van der Waals surface area contributed by atoms with Crippen LogP contribution in [0.3, 0.4) is 0 Å². The van der Waals surface area contributed by atoms with E-state index in [4.69, 9.17) is 0 Å². The summed E-state index contributed by atoms with van der Waals surface area (Å²) in [5.74, 6) is 0. The van der Waals surface area contributed by atoms with Crippen LogP contribution >= 0.6 is 0 Å². The van der Waals surface area contributed by atoms with E-state index in [0.717, 1.165) is 6.42 Å². The van der Waals surface area contributed by atoms with E-state index in [0.29, 0.717) is 0 Å². The van der Waals surface area contributed by atoms with Crippen molar-refractivity contribution in [2.24, 2.45) is 0 Å². The zero-order valence-electron chi connectivity index (χ0n) is 7.02. The second kappa shape index (κ2) is 2.23. The molecule has 56 valence electrons. The highest BCUT2D eigenvalue weighted by Crippen LogP contribution is 2.35. The zero-order valence-corrected chi connectivity index (χ0v) is 7.02. The summed E-state index contributed by atoms with van der Waals surface area (Å²) in [5, 5.41) is 0. The Kier molecular flexibility index (Phi) is 1.35. The summed E-state index contributed by atoms with van der Waals surface area (Å²) in [6, 6.07) is 0. The lowest BCUT2D eigenvalue weighted by atomic mass is 10.0. The van der Waals surface area contributed by atoms with Crippen LogP contribution in [-0.4, -0.2) is 0 Å². The highest BCUT2D eigenvalue weighted by atomic mass is 14.2. The quantitative estimate of drug-likeness (QED) is 0.530. The van der Waals surface area contributed by atoms with E-state index in [1.807, 2.05) is 0 Å². The average molecular weight is 144 g/mol. The number of allylic oxidation sites excluding steroid dienone is 8. The van der Waals surface area contributed by atoms with Crippen molar-refractivity contribution < 1.29 is 0 Å². The minimum atomic E-state index is 1.15. The SMILES string of the molecule is CCC1=C2C(C)=CC=C2C=C1. The predicted octanol–water partition coefficient (Wildman–Crippen LogP) is 3.15. The van der Waals surface area contributed by atoms with Gasteiger partial charge in [-0.25, -0.2) is 0 Å². The van der Waals surface area contributed by atoms with Gasteiger partial charge >= 0.3 is 0 Å². The summed E-state index contributed by atoms with van der Waals surface area (Å²) in [5.41, 5.74) is 5.79. The Morgan fingerprint density at radius 3 is 2.73 bits per heavy atom. The average Bonchev–Trinajstić information content (AvgIpc) is 2.54. The summed E-state index contributed by atoms with van der Waals surface area (Å²) in [6.45, 7) is 4.39. The maximum atomic E-state index is 2.23. The summed E-state index contributed by atoms with van der Waals surface area (Å²) in [4.78, 5) is 0. The van der Waals surface area contributed by atoms with Crippen LogP contribution in [-0.2, 0) is 0 Å². The highest BCUT2D eigenvalue weighted by Gasteiger charge is 2.17. The summed E-state index contributed by atoms with van der Waals surface area (Å²) < 4.78 is 0. The molecule has 0 nitrogen and oxygen atoms in total. The zero-order chi connectivity index (χ0) is 7.84. The van der Waals surface area contributed by atoms with Gasteiger partial charge in [0.05, 0.1) is 0 Å². The maximum absolute atomic E-state index is 2.23. The van der Waals surface area contributed by atoms with Crippen LogP contribution in [0.25, 0.3) is 0 Å². The molecule has 0 aromatic heterocycles. The van der Waals surface area contributed by atoms with E-state index in [-0.39, 0.29) is 0 Å². The lowest BCUT2D eigenvalue weighted by molar-refractivity contribution is 1.13. The molecule has 0 saturated heterocycles. The van der Waals surface area contributed by atoms with Gasteiger partial charge in [0.2, 0.25) is 0 Å². The van der Waals surface area contributed by atoms with Gasteiger partial charge in [-0.2, -0.15) is 0 Å². The van der Waals surface area contributed by atoms with E-state index in [1.165, 1.54) is 22.3 Å². The van der Waals surface area contributed by atoms with Gasteiger partial charge in [0.25, 0.3) is 0 Å². The molecule has 0 fully saturated rings. The molecular weight excluding hydrogens is 132 g/mol. The van der Waals surface area contributed by atoms with Crippen molar-refractivity contribution in [1.29, 1.82) is 0 Å². The van der Waals surface area contributed by atoms with Gasteiger partial charge in [-0.1, -0.05) is 31.2 Å². The first kappa shape index (κ1) is 6.66. The van der Waals surface area contributed by atoms with Crippen LogP contribution in [0.1, 0.15) is 20.3 Å². The Bertz CT molecular complexity index is 309. The third-order valence-corrected chi connectivity index (χ3v) is 2.36. The lowest BCUT2D eigenvalue weighted by Crippen LogP contribution is -1.83. The second-order valence-corrected chi connectivity index (χ2v) is 3.06. The molecule has 0 aromatic rings. The normalized spacial score (nSPS) is 20.5. The van der Waals surface area contributed by atoms with Crippen molar-refractivity contribution in [3.05, 3.63) is 46.6 Å². The van der Waals surface area contributed by atoms with Crippen LogP contribution in [0, 0.1) is 0 Å². The van der Waals surface area contributed by atoms with Gasteiger partial charge in [0.15, 0.2) is 0 Å². The largest absolute Gasteiger partial charge is 0.0613 e. The Hall–Kier alpha value is -1.04. The molecule has 0 bridgehead atoms. The fourth-order valence-electron chi connectivity index (χ4n) is 1.75. The Morgan fingerprint density at radius 1 is 1.18 bits per heavy atom. The van der Waals surface area contributed by atoms with Gasteiger partial charge in [0.1, 0.15) is 0 Å². The van der Waals surface area contributed by atoms with Gasteiger partial charge in [-0.3, -0.25) is 0 Å². The molecule has 2 rings (SSSR count). The molecule has 0 aromatic carbocycles. The Labute approximate surface area is 67.6 Å². The Balaban J connectivity index is 2.51. The molecule has 0 saturated carbocycles. The van der Waals surface area contributed by atoms with Crippen LogP contribution in [0.4, 0.5) is 0 Å². The molecule has 0 spiro atoms. The molecule has 0 N–H and O–H groups in total. The van der Waals surface area contributed by atoms with Crippen molar-refractivity contribution in [3.63, 3.8) is 0 Å². The molecule has 2 aliphatic carbocycles. The highest BCUT2D eigenvalue weighted by molar-refractivity contribution is 5.66. The molecule has 0 heteroatoms. The minimum absolute atomic E-state index is 1.15. The third-order valence-electron chi connectivity index (χ3n) is 2.36. The first-order chi connectivity index (χ1) is 5.33. The van der Waals surface area contributed by atoms with Crippen molar-refractivity contribution in [2.75, 3.05) is 0 Å². The van der Waals surface area contributed by atoms with Crippen LogP contribution in [0.2, 0.25) is 0 Å². The third kappa shape index (κ3) is 0.823. The minimum Gasteiger partial charge on any atom is -0.0613 e. The standard InChI is InChI=1S/C11H12/c1-3-9-6-7-10-5-4-8(2)11(9)10/h4-7H,3H2,1-2H3. The summed E-state index contributed by atoms with van der Waals surface area (Å²) in [6.07, 6.45) is 9.99. The van der Waals surface area contributed by atoms with E-state index < -0.39 is 0 Å². The molecule has 0 radical (unpaired) electrons. The van der Waals surface area contributed by atoms with Crippen molar-refractivity contribution in [1.82, 2.24) is 0 Å². The number of fused-ring (bicyclic) bond motifs is 1. The van der Waals surface area contributed by atoms with Gasteiger partial charge in [0, 0.05) is 0 Å². The Morgan fingerprint density at radius 2 is 2.00 bits per heavy atom. The first-order valence-corrected chi connectivity index (χ1v) is 4.13. The topological polar surface area (TPSA) is 0 Å². The molecule has 0 atom stereocenters. The molecule has 2 aliphatic rings. The maximum Gasteiger partial charge on any atom is -0.0123 e. The van der Waals surface area contributed by atoms with Gasteiger partial charge in [-0.05, 0) is 35.6 Å². The fourth-order valence-corrected chi connectivity index (χ4v) is 1.75. The first-order valence-electron chi connectivity index (χ1n) is 4.13. The number of rotatable bonds is 1. The molecule has 0 aliphatic heterocycles. The van der Waals surface area contributed by atoms with Crippen molar-refractivity contribution >= 4 is 0 Å². The van der Waals surface area contributed by atoms with Gasteiger partial charge in [-0.15, -0.1) is 0 Å². The van der Waals surface area contributed by atoms with Gasteiger partial charge < -0.3 is 0 Å². The van der Waals surface area contributed by atoms with E-state index in [1.54, 1.807) is 0 Å². The van der Waals surface area contributed by atoms with Crippen LogP contribution < -0.4 is 0 Å². The monoisotopic (exact) mass is 144 g/mol. The molecule has 0 unspecified atom stereocenters. The van der Waals surface area contributed by atoms with Crippen molar-refractivity contribution in [3.8, 4) is 0 Å².